The minimum Gasteiger partial charge on any atom is -0.493 e. The predicted molar refractivity (Wildman–Crippen MR) is 143 cm³/mol. The molecule has 0 saturated carbocycles. The summed E-state index contributed by atoms with van der Waals surface area (Å²) in [4.78, 5) is 40.9. The summed E-state index contributed by atoms with van der Waals surface area (Å²) in [6, 6.07) is 18.8. The topological polar surface area (TPSA) is 83.8 Å². The van der Waals surface area contributed by atoms with Crippen molar-refractivity contribution in [3.8, 4) is 28.3 Å². The molecule has 0 saturated heterocycles. The molecule has 0 aliphatic heterocycles. The molecule has 1 aliphatic carbocycles. The number of esters is 1. The summed E-state index contributed by atoms with van der Waals surface area (Å²) in [7, 11) is 3.04. The Morgan fingerprint density at radius 1 is 0.842 bits per heavy atom. The van der Waals surface area contributed by atoms with Crippen molar-refractivity contribution in [1.82, 2.24) is 4.57 Å². The van der Waals surface area contributed by atoms with Gasteiger partial charge in [-0.3, -0.25) is 14.4 Å². The molecule has 1 aliphatic rings. The lowest BCUT2D eigenvalue weighted by Crippen LogP contribution is -2.23. The Bertz CT molecular complexity index is 1590. The first-order valence-electron chi connectivity index (χ1n) is 12.0. The molecule has 7 nitrogen and oxygen atoms in total. The molecule has 1 aromatic heterocycles. The fourth-order valence-electron chi connectivity index (χ4n) is 4.89. The first-order valence-corrected chi connectivity index (χ1v) is 12.4. The summed E-state index contributed by atoms with van der Waals surface area (Å²) in [5, 5.41) is 0.509. The number of carbonyl (C=O) groups is 3. The molecule has 0 radical (unpaired) electrons. The molecule has 0 fully saturated rings. The van der Waals surface area contributed by atoms with Crippen molar-refractivity contribution >= 4 is 29.1 Å². The van der Waals surface area contributed by atoms with E-state index < -0.39 is 5.97 Å². The number of fused-ring (bicyclic) bond motifs is 2. The van der Waals surface area contributed by atoms with Crippen LogP contribution in [0, 0.1) is 0 Å². The van der Waals surface area contributed by atoms with Crippen LogP contribution in [0.1, 0.15) is 44.6 Å². The van der Waals surface area contributed by atoms with Crippen LogP contribution in [0.2, 0.25) is 5.02 Å². The van der Waals surface area contributed by atoms with Crippen LogP contribution in [0.25, 0.3) is 16.8 Å². The number of benzene rings is 3. The lowest BCUT2D eigenvalue weighted by molar-refractivity contribution is -0.142. The number of carbonyl (C=O) groups excluding carboxylic acids is 3. The summed E-state index contributed by atoms with van der Waals surface area (Å²) in [5.41, 5.74) is 3.08. The zero-order valence-electron chi connectivity index (χ0n) is 21.0. The van der Waals surface area contributed by atoms with E-state index in [0.29, 0.717) is 50.2 Å². The standard InChI is InChI=1S/C30H24ClNO6/c1-4-38-25(33)16-22-26(17-9-14-23(36-2)24(15-17)37-3)27-28(32(22)19-12-10-18(31)11-13-19)30(35)21-8-6-5-7-20(21)29(27)34/h5-15H,4,16H2,1-3H3. The number of hydrogen-bond acceptors (Lipinski definition) is 6. The van der Waals surface area contributed by atoms with Gasteiger partial charge in [0.15, 0.2) is 17.3 Å². The van der Waals surface area contributed by atoms with Gasteiger partial charge in [-0.2, -0.15) is 0 Å². The van der Waals surface area contributed by atoms with Gasteiger partial charge in [-0.05, 0) is 48.9 Å². The van der Waals surface area contributed by atoms with Crippen LogP contribution in [-0.2, 0) is 16.0 Å². The summed E-state index contributed by atoms with van der Waals surface area (Å²) in [6.45, 7) is 1.91. The van der Waals surface area contributed by atoms with Crippen molar-refractivity contribution in [2.75, 3.05) is 20.8 Å². The third-order valence-electron chi connectivity index (χ3n) is 6.50. The highest BCUT2D eigenvalue weighted by Gasteiger charge is 2.39. The van der Waals surface area contributed by atoms with E-state index in [1.165, 1.54) is 14.2 Å². The van der Waals surface area contributed by atoms with E-state index in [-0.39, 0.29) is 35.9 Å². The maximum absolute atomic E-state index is 14.0. The Morgan fingerprint density at radius 3 is 2.13 bits per heavy atom. The molecule has 0 bridgehead atoms. The fraction of sp³-hybridized carbons (Fsp3) is 0.167. The predicted octanol–water partition coefficient (Wildman–Crippen LogP) is 5.70. The average Bonchev–Trinajstić information content (AvgIpc) is 3.26. The second kappa shape index (κ2) is 10.2. The van der Waals surface area contributed by atoms with Gasteiger partial charge in [0.1, 0.15) is 5.69 Å². The molecule has 3 aromatic carbocycles. The molecule has 8 heteroatoms. The summed E-state index contributed by atoms with van der Waals surface area (Å²) >= 11 is 6.16. The van der Waals surface area contributed by atoms with Crippen LogP contribution in [0.5, 0.6) is 11.5 Å². The van der Waals surface area contributed by atoms with Crippen molar-refractivity contribution in [1.29, 1.82) is 0 Å². The van der Waals surface area contributed by atoms with Crippen molar-refractivity contribution in [3.05, 3.63) is 99.8 Å². The van der Waals surface area contributed by atoms with Crippen molar-refractivity contribution in [3.63, 3.8) is 0 Å². The smallest absolute Gasteiger partial charge is 0.311 e. The minimum absolute atomic E-state index is 0.177. The van der Waals surface area contributed by atoms with Crippen LogP contribution >= 0.6 is 11.6 Å². The lowest BCUT2D eigenvalue weighted by Gasteiger charge is -2.18. The quantitative estimate of drug-likeness (QED) is 0.252. The van der Waals surface area contributed by atoms with Gasteiger partial charge in [0, 0.05) is 33.1 Å². The van der Waals surface area contributed by atoms with Gasteiger partial charge in [-0.25, -0.2) is 0 Å². The minimum atomic E-state index is -0.489. The van der Waals surface area contributed by atoms with Crippen LogP contribution in [0.4, 0.5) is 0 Å². The second-order valence-corrected chi connectivity index (χ2v) is 9.05. The Hall–Kier alpha value is -4.36. The lowest BCUT2D eigenvalue weighted by atomic mass is 9.84. The molecule has 1 heterocycles. The Kier molecular flexibility index (Phi) is 6.78. The molecule has 0 atom stereocenters. The van der Waals surface area contributed by atoms with E-state index in [9.17, 15) is 14.4 Å². The molecule has 0 unspecified atom stereocenters. The van der Waals surface area contributed by atoms with E-state index in [2.05, 4.69) is 0 Å². The molecule has 0 N–H and O–H groups in total. The first kappa shape index (κ1) is 25.3. The van der Waals surface area contributed by atoms with Crippen LogP contribution in [-0.4, -0.2) is 42.9 Å². The Labute approximate surface area is 224 Å². The summed E-state index contributed by atoms with van der Waals surface area (Å²) in [5.74, 6) is -0.173. The van der Waals surface area contributed by atoms with E-state index in [1.54, 1.807) is 78.2 Å². The van der Waals surface area contributed by atoms with Gasteiger partial charge < -0.3 is 18.8 Å². The van der Waals surface area contributed by atoms with Crippen LogP contribution < -0.4 is 9.47 Å². The van der Waals surface area contributed by atoms with Crippen molar-refractivity contribution in [2.24, 2.45) is 0 Å². The highest BCUT2D eigenvalue weighted by atomic mass is 35.5. The first-order chi connectivity index (χ1) is 18.4. The van der Waals surface area contributed by atoms with E-state index in [4.69, 9.17) is 25.8 Å². The number of ether oxygens (including phenoxy) is 3. The molecule has 5 rings (SSSR count). The van der Waals surface area contributed by atoms with Gasteiger partial charge in [-0.1, -0.05) is 41.9 Å². The summed E-state index contributed by atoms with van der Waals surface area (Å²) < 4.78 is 17.9. The highest BCUT2D eigenvalue weighted by molar-refractivity contribution is 6.31. The average molecular weight is 530 g/mol. The maximum Gasteiger partial charge on any atom is 0.311 e. The van der Waals surface area contributed by atoms with Gasteiger partial charge in [0.2, 0.25) is 5.78 Å². The van der Waals surface area contributed by atoms with E-state index in [1.807, 2.05) is 0 Å². The Morgan fingerprint density at radius 2 is 1.50 bits per heavy atom. The third kappa shape index (κ3) is 4.15. The zero-order valence-corrected chi connectivity index (χ0v) is 21.8. The van der Waals surface area contributed by atoms with Crippen molar-refractivity contribution in [2.45, 2.75) is 13.3 Å². The SMILES string of the molecule is CCOC(=O)Cc1c(-c2ccc(OC)c(OC)c2)c2c(n1-c1ccc(Cl)cc1)C(=O)c1ccccc1C2=O. The normalized spacial score (nSPS) is 12.1. The maximum atomic E-state index is 14.0. The van der Waals surface area contributed by atoms with Gasteiger partial charge in [-0.15, -0.1) is 0 Å². The molecule has 0 spiro atoms. The number of halogens is 1. The highest BCUT2D eigenvalue weighted by Crippen LogP contribution is 2.43. The van der Waals surface area contributed by atoms with Crippen LogP contribution in [0.3, 0.4) is 0 Å². The molecule has 4 aromatic rings. The molecule has 192 valence electrons. The number of ketones is 2. The third-order valence-corrected chi connectivity index (χ3v) is 6.75. The monoisotopic (exact) mass is 529 g/mol. The second-order valence-electron chi connectivity index (χ2n) is 8.61. The fourth-order valence-corrected chi connectivity index (χ4v) is 5.02. The number of hydrogen-bond donors (Lipinski definition) is 0. The molecule has 38 heavy (non-hydrogen) atoms. The number of aromatic nitrogens is 1. The van der Waals surface area contributed by atoms with Gasteiger partial charge in [0.05, 0.1) is 32.8 Å². The van der Waals surface area contributed by atoms with Gasteiger partial charge in [0.25, 0.3) is 0 Å². The zero-order chi connectivity index (χ0) is 27.0. The van der Waals surface area contributed by atoms with Gasteiger partial charge >= 0.3 is 5.97 Å². The molecule has 0 amide bonds. The number of nitrogens with zero attached hydrogens (tertiary/aromatic N) is 1. The molecular weight excluding hydrogens is 506 g/mol. The van der Waals surface area contributed by atoms with E-state index >= 15 is 0 Å². The summed E-state index contributed by atoms with van der Waals surface area (Å²) in [6.07, 6.45) is -0.177. The van der Waals surface area contributed by atoms with E-state index in [0.717, 1.165) is 0 Å². The van der Waals surface area contributed by atoms with Crippen molar-refractivity contribution < 1.29 is 28.6 Å². The van der Waals surface area contributed by atoms with Crippen LogP contribution in [0.15, 0.2) is 66.7 Å². The number of methoxy groups -OCH3 is 2. The molecular formula is C30H24ClNO6. The number of rotatable bonds is 7. The largest absolute Gasteiger partial charge is 0.493 e. The Balaban J connectivity index is 1.90.